The summed E-state index contributed by atoms with van der Waals surface area (Å²) in [5.41, 5.74) is 0.0679. The third-order valence-electron chi connectivity index (χ3n) is 4.94. The van der Waals surface area contributed by atoms with E-state index >= 15 is 0 Å². The molecule has 0 aliphatic carbocycles. The molecule has 1 N–H and O–H groups in total. The fourth-order valence-electron chi connectivity index (χ4n) is 3.37. The highest BCUT2D eigenvalue weighted by Crippen LogP contribution is 2.36. The van der Waals surface area contributed by atoms with Gasteiger partial charge in [0.2, 0.25) is 10.0 Å². The lowest BCUT2D eigenvalue weighted by Gasteiger charge is -2.19. The monoisotopic (exact) mass is 498 g/mol. The number of sulfonamides is 1. The van der Waals surface area contributed by atoms with Gasteiger partial charge in [0.15, 0.2) is 12.4 Å². The maximum Gasteiger partial charge on any atom is 0.416 e. The molecule has 0 atom stereocenters. The highest BCUT2D eigenvalue weighted by molar-refractivity contribution is 7.89. The van der Waals surface area contributed by atoms with Crippen LogP contribution in [0.3, 0.4) is 0 Å². The highest BCUT2D eigenvalue weighted by Gasteiger charge is 2.31. The van der Waals surface area contributed by atoms with E-state index in [4.69, 9.17) is 14.4 Å². The van der Waals surface area contributed by atoms with Gasteiger partial charge in [-0.25, -0.2) is 13.2 Å². The molecule has 0 bridgehead atoms. The van der Waals surface area contributed by atoms with Gasteiger partial charge < -0.3 is 14.4 Å². The smallest absolute Gasteiger partial charge is 0.416 e. The Hall–Kier alpha value is -3.38. The van der Waals surface area contributed by atoms with Crippen LogP contribution in [0.1, 0.15) is 22.6 Å². The van der Waals surface area contributed by atoms with Crippen LogP contribution < -0.4 is 4.74 Å². The van der Waals surface area contributed by atoms with Gasteiger partial charge in [-0.1, -0.05) is 23.4 Å². The Balaban J connectivity index is 2.01. The summed E-state index contributed by atoms with van der Waals surface area (Å²) in [6.07, 6.45) is -4.58. The Morgan fingerprint density at radius 2 is 1.88 bits per heavy atom. The first kappa shape index (κ1) is 25.2. The van der Waals surface area contributed by atoms with E-state index in [2.05, 4.69) is 5.16 Å². The number of carbonyl (C=O) groups is 1. The van der Waals surface area contributed by atoms with Crippen LogP contribution in [0, 0.1) is 13.8 Å². The second-order valence-electron chi connectivity index (χ2n) is 7.51. The van der Waals surface area contributed by atoms with Crippen molar-refractivity contribution in [3.63, 3.8) is 0 Å². The van der Waals surface area contributed by atoms with Crippen molar-refractivity contribution in [2.75, 3.05) is 13.7 Å². The first-order chi connectivity index (χ1) is 15.8. The van der Waals surface area contributed by atoms with Gasteiger partial charge in [0.05, 0.1) is 5.56 Å². The predicted octanol–water partition coefficient (Wildman–Crippen LogP) is 4.26. The third kappa shape index (κ3) is 5.39. The standard InChI is InChI=1S/C22H21F3N2O6S/c1-13-21(14(2)33-26-13)34(30,31)27(3)11-15-7-8-19(32-12-20(28)29)18(9-15)16-5-4-6-17(10-16)22(23,24)25/h4-10H,11-12H2,1-3H3,(H,28,29). The van der Waals surface area contributed by atoms with Crippen molar-refractivity contribution in [3.8, 4) is 16.9 Å². The maximum atomic E-state index is 13.2. The van der Waals surface area contributed by atoms with Gasteiger partial charge in [-0.15, -0.1) is 0 Å². The number of carboxylic acids is 1. The lowest BCUT2D eigenvalue weighted by Crippen LogP contribution is -2.27. The molecule has 0 unspecified atom stereocenters. The molecule has 182 valence electrons. The molecule has 34 heavy (non-hydrogen) atoms. The molecule has 0 spiro atoms. The summed E-state index contributed by atoms with van der Waals surface area (Å²) < 4.78 is 77.0. The van der Waals surface area contributed by atoms with E-state index < -0.39 is 34.3 Å². The van der Waals surface area contributed by atoms with E-state index in [0.717, 1.165) is 16.4 Å². The summed E-state index contributed by atoms with van der Waals surface area (Å²) >= 11 is 0. The van der Waals surface area contributed by atoms with E-state index in [9.17, 15) is 26.4 Å². The van der Waals surface area contributed by atoms with Crippen LogP contribution in [0.25, 0.3) is 11.1 Å². The van der Waals surface area contributed by atoms with Crippen molar-refractivity contribution in [3.05, 3.63) is 65.0 Å². The molecular formula is C22H21F3N2O6S. The van der Waals surface area contributed by atoms with Crippen molar-refractivity contribution in [2.24, 2.45) is 0 Å². The highest BCUT2D eigenvalue weighted by atomic mass is 32.2. The van der Waals surface area contributed by atoms with E-state index in [-0.39, 0.29) is 39.8 Å². The Labute approximate surface area is 193 Å². The predicted molar refractivity (Wildman–Crippen MR) is 115 cm³/mol. The van der Waals surface area contributed by atoms with E-state index in [1.54, 1.807) is 0 Å². The topological polar surface area (TPSA) is 110 Å². The summed E-state index contributed by atoms with van der Waals surface area (Å²) in [5.74, 6) is -1.09. The fraction of sp³-hybridized carbons (Fsp3) is 0.273. The molecule has 8 nitrogen and oxygen atoms in total. The molecule has 3 aromatic rings. The normalized spacial score (nSPS) is 12.2. The van der Waals surface area contributed by atoms with Gasteiger partial charge in [0, 0.05) is 19.2 Å². The molecular weight excluding hydrogens is 477 g/mol. The number of benzene rings is 2. The van der Waals surface area contributed by atoms with Crippen molar-refractivity contribution in [1.82, 2.24) is 9.46 Å². The molecule has 0 aliphatic heterocycles. The zero-order valence-corrected chi connectivity index (χ0v) is 19.2. The average molecular weight is 498 g/mol. The maximum absolute atomic E-state index is 13.2. The number of ether oxygens (including phenoxy) is 1. The second-order valence-corrected chi connectivity index (χ2v) is 9.49. The molecule has 0 aliphatic rings. The molecule has 0 fully saturated rings. The van der Waals surface area contributed by atoms with Crippen LogP contribution >= 0.6 is 0 Å². The number of rotatable bonds is 8. The molecule has 12 heteroatoms. The minimum atomic E-state index is -4.58. The first-order valence-corrected chi connectivity index (χ1v) is 11.3. The largest absolute Gasteiger partial charge is 0.481 e. The number of hydrogen-bond donors (Lipinski definition) is 1. The minimum Gasteiger partial charge on any atom is -0.481 e. The van der Waals surface area contributed by atoms with Crippen LogP contribution in [0.5, 0.6) is 5.75 Å². The number of aliphatic carboxylic acids is 1. The third-order valence-corrected chi connectivity index (χ3v) is 6.99. The summed E-state index contributed by atoms with van der Waals surface area (Å²) in [4.78, 5) is 10.9. The van der Waals surface area contributed by atoms with Crippen LogP contribution in [0.4, 0.5) is 13.2 Å². The lowest BCUT2D eigenvalue weighted by atomic mass is 9.99. The van der Waals surface area contributed by atoms with E-state index in [1.807, 2.05) is 0 Å². The number of halogens is 3. The average Bonchev–Trinajstić information content (AvgIpc) is 3.10. The molecule has 1 heterocycles. The van der Waals surface area contributed by atoms with Crippen LogP contribution in [-0.4, -0.2) is 42.6 Å². The Morgan fingerprint density at radius 1 is 1.18 bits per heavy atom. The number of carboxylic acid groups (broad SMARTS) is 1. The summed E-state index contributed by atoms with van der Waals surface area (Å²) in [7, 11) is -2.62. The quantitative estimate of drug-likeness (QED) is 0.494. The molecule has 0 amide bonds. The van der Waals surface area contributed by atoms with E-state index in [0.29, 0.717) is 5.56 Å². The SMILES string of the molecule is Cc1noc(C)c1S(=O)(=O)N(C)Cc1ccc(OCC(=O)O)c(-c2cccc(C(F)(F)F)c2)c1. The molecule has 2 aromatic carbocycles. The van der Waals surface area contributed by atoms with Gasteiger partial charge in [-0.2, -0.15) is 17.5 Å². The van der Waals surface area contributed by atoms with Crippen molar-refractivity contribution < 1.29 is 40.8 Å². The summed E-state index contributed by atoms with van der Waals surface area (Å²) in [6.45, 7) is 2.14. The van der Waals surface area contributed by atoms with Gasteiger partial charge in [0.25, 0.3) is 0 Å². The van der Waals surface area contributed by atoms with E-state index in [1.165, 1.54) is 51.2 Å². The van der Waals surface area contributed by atoms with Crippen LogP contribution in [-0.2, 0) is 27.5 Å². The van der Waals surface area contributed by atoms with Gasteiger partial charge in [0.1, 0.15) is 16.3 Å². The summed E-state index contributed by atoms with van der Waals surface area (Å²) in [5, 5.41) is 12.6. The molecule has 1 aromatic heterocycles. The number of alkyl halides is 3. The molecule has 0 saturated carbocycles. The number of hydrogen-bond acceptors (Lipinski definition) is 6. The first-order valence-electron chi connectivity index (χ1n) is 9.85. The van der Waals surface area contributed by atoms with Crippen LogP contribution in [0.2, 0.25) is 0 Å². The number of aryl methyl sites for hydroxylation is 2. The number of nitrogens with zero attached hydrogens (tertiary/aromatic N) is 2. The van der Waals surface area contributed by atoms with Crippen molar-refractivity contribution in [2.45, 2.75) is 31.5 Å². The molecule has 3 rings (SSSR count). The second kappa shape index (κ2) is 9.47. The zero-order chi connectivity index (χ0) is 25.3. The Morgan fingerprint density at radius 3 is 2.47 bits per heavy atom. The van der Waals surface area contributed by atoms with Crippen molar-refractivity contribution >= 4 is 16.0 Å². The van der Waals surface area contributed by atoms with Gasteiger partial charge in [-0.05, 0) is 49.2 Å². The fourth-order valence-corrected chi connectivity index (χ4v) is 4.81. The summed E-state index contributed by atoms with van der Waals surface area (Å²) in [6, 6.07) is 8.84. The zero-order valence-electron chi connectivity index (χ0n) is 18.4. The molecule has 0 saturated heterocycles. The number of aromatic nitrogens is 1. The lowest BCUT2D eigenvalue weighted by molar-refractivity contribution is -0.139. The Bertz CT molecular complexity index is 1300. The van der Waals surface area contributed by atoms with Crippen LogP contribution in [0.15, 0.2) is 51.9 Å². The molecule has 0 radical (unpaired) electrons. The van der Waals surface area contributed by atoms with Gasteiger partial charge in [-0.3, -0.25) is 0 Å². The van der Waals surface area contributed by atoms with Gasteiger partial charge >= 0.3 is 12.1 Å². The Kier molecular flexibility index (Phi) is 7.03. The minimum absolute atomic E-state index is 0.0432. The van der Waals surface area contributed by atoms with Crippen molar-refractivity contribution in [1.29, 1.82) is 0 Å².